The molecule has 1 heterocycles. The van der Waals surface area contributed by atoms with Crippen molar-refractivity contribution in [1.82, 2.24) is 0 Å². The average molecular weight is 253 g/mol. The molecule has 0 aliphatic heterocycles. The Labute approximate surface area is 103 Å². The number of carbonyl (C=O) groups is 2. The van der Waals surface area contributed by atoms with Crippen LogP contribution in [0.3, 0.4) is 0 Å². The van der Waals surface area contributed by atoms with Gasteiger partial charge in [0.1, 0.15) is 5.00 Å². The standard InChI is InChI=1S/C11H15N3O2S/c12-8(6-1-2-6)5-9(15)14-11-7(10(13)16)3-4-17-11/h3-4,6,8H,1-2,5,12H2,(H2,13,16)(H,14,15). The molecule has 1 aromatic rings. The number of amides is 2. The van der Waals surface area contributed by atoms with Crippen LogP contribution in [0.5, 0.6) is 0 Å². The molecule has 0 bridgehead atoms. The number of hydrogen-bond acceptors (Lipinski definition) is 4. The van der Waals surface area contributed by atoms with Crippen molar-refractivity contribution >= 4 is 28.2 Å². The van der Waals surface area contributed by atoms with Crippen molar-refractivity contribution in [2.75, 3.05) is 5.32 Å². The molecule has 0 radical (unpaired) electrons. The summed E-state index contributed by atoms with van der Waals surface area (Å²) in [6.45, 7) is 0. The van der Waals surface area contributed by atoms with E-state index >= 15 is 0 Å². The Morgan fingerprint density at radius 1 is 1.53 bits per heavy atom. The van der Waals surface area contributed by atoms with Gasteiger partial charge in [-0.15, -0.1) is 11.3 Å². The highest BCUT2D eigenvalue weighted by Crippen LogP contribution is 2.33. The van der Waals surface area contributed by atoms with Gasteiger partial charge in [-0.05, 0) is 30.2 Å². The molecule has 5 N–H and O–H groups in total. The zero-order valence-electron chi connectivity index (χ0n) is 9.31. The average Bonchev–Trinajstić information content (AvgIpc) is 2.99. The van der Waals surface area contributed by atoms with E-state index in [1.807, 2.05) is 0 Å². The molecule has 1 aliphatic carbocycles. The Morgan fingerprint density at radius 3 is 2.82 bits per heavy atom. The number of rotatable bonds is 5. The van der Waals surface area contributed by atoms with E-state index in [1.54, 1.807) is 11.4 Å². The van der Waals surface area contributed by atoms with Crippen molar-refractivity contribution in [1.29, 1.82) is 0 Å². The molecule has 1 saturated carbocycles. The summed E-state index contributed by atoms with van der Waals surface area (Å²) in [5.41, 5.74) is 11.4. The van der Waals surface area contributed by atoms with Crippen molar-refractivity contribution < 1.29 is 9.59 Å². The van der Waals surface area contributed by atoms with E-state index in [1.165, 1.54) is 11.3 Å². The van der Waals surface area contributed by atoms with E-state index in [0.717, 1.165) is 12.8 Å². The third kappa shape index (κ3) is 3.04. The molecular weight excluding hydrogens is 238 g/mol. The third-order valence-corrected chi connectivity index (χ3v) is 3.66. The maximum Gasteiger partial charge on any atom is 0.251 e. The quantitative estimate of drug-likeness (QED) is 0.727. The lowest BCUT2D eigenvalue weighted by Gasteiger charge is -2.10. The van der Waals surface area contributed by atoms with Crippen LogP contribution in [-0.2, 0) is 4.79 Å². The van der Waals surface area contributed by atoms with Gasteiger partial charge in [0, 0.05) is 12.5 Å². The van der Waals surface area contributed by atoms with Gasteiger partial charge in [0.15, 0.2) is 0 Å². The minimum absolute atomic E-state index is 0.0769. The first-order valence-corrected chi connectivity index (χ1v) is 6.38. The Hall–Kier alpha value is -1.40. The minimum Gasteiger partial charge on any atom is -0.366 e. The molecule has 6 heteroatoms. The SMILES string of the molecule is NC(=O)c1ccsc1NC(=O)CC(N)C1CC1. The van der Waals surface area contributed by atoms with Gasteiger partial charge in [-0.2, -0.15) is 0 Å². The number of anilines is 1. The second kappa shape index (κ2) is 4.85. The van der Waals surface area contributed by atoms with E-state index in [2.05, 4.69) is 5.32 Å². The van der Waals surface area contributed by atoms with E-state index in [9.17, 15) is 9.59 Å². The predicted octanol–water partition coefficient (Wildman–Crippen LogP) is 0.913. The molecule has 0 spiro atoms. The molecule has 0 saturated heterocycles. The van der Waals surface area contributed by atoms with Crippen molar-refractivity contribution in [2.45, 2.75) is 25.3 Å². The van der Waals surface area contributed by atoms with Gasteiger partial charge in [-0.3, -0.25) is 9.59 Å². The van der Waals surface area contributed by atoms with E-state index in [4.69, 9.17) is 11.5 Å². The molecular formula is C11H15N3O2S. The summed E-state index contributed by atoms with van der Waals surface area (Å²) in [5.74, 6) is -0.206. The van der Waals surface area contributed by atoms with Crippen LogP contribution in [0.15, 0.2) is 11.4 Å². The summed E-state index contributed by atoms with van der Waals surface area (Å²) < 4.78 is 0. The number of hydrogen-bond donors (Lipinski definition) is 3. The van der Waals surface area contributed by atoms with Gasteiger partial charge in [-0.1, -0.05) is 0 Å². The highest BCUT2D eigenvalue weighted by atomic mass is 32.1. The molecule has 1 unspecified atom stereocenters. The Morgan fingerprint density at radius 2 is 2.24 bits per heavy atom. The lowest BCUT2D eigenvalue weighted by atomic mass is 10.1. The first-order chi connectivity index (χ1) is 8.08. The second-order valence-electron chi connectivity index (χ2n) is 4.28. The fourth-order valence-electron chi connectivity index (χ4n) is 1.68. The predicted molar refractivity (Wildman–Crippen MR) is 66.8 cm³/mol. The zero-order chi connectivity index (χ0) is 12.4. The van der Waals surface area contributed by atoms with Gasteiger partial charge in [0.25, 0.3) is 5.91 Å². The molecule has 17 heavy (non-hydrogen) atoms. The first kappa shape index (κ1) is 12.1. The monoisotopic (exact) mass is 253 g/mol. The minimum atomic E-state index is -0.534. The Bertz CT molecular complexity index is 440. The van der Waals surface area contributed by atoms with Crippen LogP contribution < -0.4 is 16.8 Å². The fraction of sp³-hybridized carbons (Fsp3) is 0.455. The summed E-state index contributed by atoms with van der Waals surface area (Å²) in [6, 6.07) is 1.52. The van der Waals surface area contributed by atoms with Crippen molar-refractivity contribution in [3.05, 3.63) is 17.0 Å². The van der Waals surface area contributed by atoms with Crippen LogP contribution in [-0.4, -0.2) is 17.9 Å². The number of carbonyl (C=O) groups excluding carboxylic acids is 2. The smallest absolute Gasteiger partial charge is 0.251 e. The first-order valence-electron chi connectivity index (χ1n) is 5.50. The van der Waals surface area contributed by atoms with Crippen LogP contribution in [0, 0.1) is 5.92 Å². The molecule has 2 rings (SSSR count). The highest BCUT2D eigenvalue weighted by molar-refractivity contribution is 7.14. The van der Waals surface area contributed by atoms with E-state index in [0.29, 0.717) is 22.9 Å². The van der Waals surface area contributed by atoms with Gasteiger partial charge in [0.05, 0.1) is 5.56 Å². The third-order valence-electron chi connectivity index (χ3n) is 2.83. The number of thiophene rings is 1. The van der Waals surface area contributed by atoms with Crippen LogP contribution in [0.25, 0.3) is 0 Å². The van der Waals surface area contributed by atoms with Crippen molar-refractivity contribution in [3.63, 3.8) is 0 Å². The summed E-state index contributed by atoms with van der Waals surface area (Å²) in [5, 5.41) is 4.91. The van der Waals surface area contributed by atoms with Crippen molar-refractivity contribution in [3.8, 4) is 0 Å². The molecule has 1 fully saturated rings. The number of nitrogens with two attached hydrogens (primary N) is 2. The summed E-state index contributed by atoms with van der Waals surface area (Å²) in [6.07, 6.45) is 2.51. The van der Waals surface area contributed by atoms with E-state index in [-0.39, 0.29) is 11.9 Å². The normalized spacial score (nSPS) is 16.5. The topological polar surface area (TPSA) is 98.2 Å². The molecule has 2 amide bonds. The summed E-state index contributed by atoms with van der Waals surface area (Å²) in [7, 11) is 0. The Balaban J connectivity index is 1.93. The van der Waals surface area contributed by atoms with Crippen molar-refractivity contribution in [2.24, 2.45) is 17.4 Å². The molecule has 1 aromatic heterocycles. The lowest BCUT2D eigenvalue weighted by molar-refractivity contribution is -0.116. The maximum atomic E-state index is 11.7. The summed E-state index contributed by atoms with van der Waals surface area (Å²) >= 11 is 1.28. The van der Waals surface area contributed by atoms with Gasteiger partial charge in [0.2, 0.25) is 5.91 Å². The molecule has 92 valence electrons. The number of nitrogens with one attached hydrogen (secondary N) is 1. The molecule has 1 atom stereocenters. The Kier molecular flexibility index (Phi) is 3.44. The number of primary amides is 1. The van der Waals surface area contributed by atoms with Crippen LogP contribution in [0.2, 0.25) is 0 Å². The van der Waals surface area contributed by atoms with Crippen LogP contribution in [0.1, 0.15) is 29.6 Å². The second-order valence-corrected chi connectivity index (χ2v) is 5.20. The zero-order valence-corrected chi connectivity index (χ0v) is 10.1. The van der Waals surface area contributed by atoms with Crippen LogP contribution >= 0.6 is 11.3 Å². The van der Waals surface area contributed by atoms with E-state index < -0.39 is 5.91 Å². The van der Waals surface area contributed by atoms with Gasteiger partial charge >= 0.3 is 0 Å². The maximum absolute atomic E-state index is 11.7. The fourth-order valence-corrected chi connectivity index (χ4v) is 2.49. The van der Waals surface area contributed by atoms with Crippen LogP contribution in [0.4, 0.5) is 5.00 Å². The molecule has 5 nitrogen and oxygen atoms in total. The largest absolute Gasteiger partial charge is 0.366 e. The highest BCUT2D eigenvalue weighted by Gasteiger charge is 2.30. The molecule has 1 aliphatic rings. The summed E-state index contributed by atoms with van der Waals surface area (Å²) in [4.78, 5) is 22.7. The van der Waals surface area contributed by atoms with Gasteiger partial charge < -0.3 is 16.8 Å². The van der Waals surface area contributed by atoms with Gasteiger partial charge in [-0.25, -0.2) is 0 Å². The molecule has 0 aromatic carbocycles. The lowest BCUT2D eigenvalue weighted by Crippen LogP contribution is -2.29.